The van der Waals surface area contributed by atoms with Crippen LogP contribution in [-0.4, -0.2) is 24.5 Å². The van der Waals surface area contributed by atoms with E-state index in [0.717, 1.165) is 11.6 Å². The quantitative estimate of drug-likeness (QED) is 0.904. The fourth-order valence-corrected chi connectivity index (χ4v) is 3.04. The molecule has 0 heterocycles. The van der Waals surface area contributed by atoms with Crippen LogP contribution >= 0.6 is 11.6 Å². The van der Waals surface area contributed by atoms with Gasteiger partial charge >= 0.3 is 0 Å². The van der Waals surface area contributed by atoms with Crippen molar-refractivity contribution in [2.45, 2.75) is 38.3 Å². The van der Waals surface area contributed by atoms with Gasteiger partial charge in [0.25, 0.3) is 0 Å². The molecule has 1 aliphatic carbocycles. The molecule has 0 amide bonds. The Labute approximate surface area is 115 Å². The van der Waals surface area contributed by atoms with Gasteiger partial charge in [0.1, 0.15) is 0 Å². The SMILES string of the molecule is CC(c1cccc(Cl)c1)N(C)CC1CCCC1N. The Bertz CT molecular complexity index is 394. The minimum Gasteiger partial charge on any atom is -0.327 e. The zero-order valence-electron chi connectivity index (χ0n) is 11.3. The molecule has 0 saturated heterocycles. The van der Waals surface area contributed by atoms with Gasteiger partial charge in [0, 0.05) is 23.7 Å². The predicted octanol–water partition coefficient (Wildman–Crippen LogP) is 3.46. The maximum atomic E-state index is 6.14. The molecule has 2 N–H and O–H groups in total. The highest BCUT2D eigenvalue weighted by Crippen LogP contribution is 2.28. The van der Waals surface area contributed by atoms with Gasteiger partial charge in [-0.05, 0) is 50.4 Å². The summed E-state index contributed by atoms with van der Waals surface area (Å²) in [5, 5.41) is 0.810. The van der Waals surface area contributed by atoms with Crippen molar-refractivity contribution in [2.24, 2.45) is 11.7 Å². The van der Waals surface area contributed by atoms with Crippen LogP contribution in [-0.2, 0) is 0 Å². The number of halogens is 1. The Morgan fingerprint density at radius 1 is 1.44 bits per heavy atom. The van der Waals surface area contributed by atoms with Crippen LogP contribution in [0.5, 0.6) is 0 Å². The molecule has 0 spiro atoms. The predicted molar refractivity (Wildman–Crippen MR) is 77.8 cm³/mol. The average Bonchev–Trinajstić information content (AvgIpc) is 2.74. The molecule has 3 unspecified atom stereocenters. The molecule has 1 fully saturated rings. The lowest BCUT2D eigenvalue weighted by Gasteiger charge is -2.29. The highest BCUT2D eigenvalue weighted by atomic mass is 35.5. The van der Waals surface area contributed by atoms with Crippen LogP contribution in [0.1, 0.15) is 37.8 Å². The third-order valence-electron chi connectivity index (χ3n) is 4.23. The fourth-order valence-electron chi connectivity index (χ4n) is 2.84. The van der Waals surface area contributed by atoms with Crippen molar-refractivity contribution in [3.05, 3.63) is 34.9 Å². The van der Waals surface area contributed by atoms with Crippen molar-refractivity contribution in [3.63, 3.8) is 0 Å². The van der Waals surface area contributed by atoms with E-state index in [4.69, 9.17) is 17.3 Å². The smallest absolute Gasteiger partial charge is 0.0409 e. The summed E-state index contributed by atoms with van der Waals surface area (Å²) >= 11 is 6.05. The van der Waals surface area contributed by atoms with E-state index < -0.39 is 0 Å². The molecule has 0 bridgehead atoms. The summed E-state index contributed by atoms with van der Waals surface area (Å²) in [6.07, 6.45) is 3.74. The molecular weight excluding hydrogens is 244 g/mol. The summed E-state index contributed by atoms with van der Waals surface area (Å²) in [6.45, 7) is 3.31. The van der Waals surface area contributed by atoms with E-state index in [-0.39, 0.29) is 0 Å². The fraction of sp³-hybridized carbons (Fsp3) is 0.600. The Kier molecular flexibility index (Phi) is 4.66. The van der Waals surface area contributed by atoms with E-state index in [9.17, 15) is 0 Å². The zero-order valence-corrected chi connectivity index (χ0v) is 12.0. The minimum atomic E-state index is 0.386. The lowest BCUT2D eigenvalue weighted by Crippen LogP contribution is -2.35. The molecule has 0 radical (unpaired) electrons. The number of nitrogens with two attached hydrogens (primary N) is 1. The molecular formula is C15H23ClN2. The van der Waals surface area contributed by atoms with Crippen molar-refractivity contribution in [2.75, 3.05) is 13.6 Å². The first-order valence-electron chi connectivity index (χ1n) is 6.79. The Hall–Kier alpha value is -0.570. The summed E-state index contributed by atoms with van der Waals surface area (Å²) in [6, 6.07) is 8.91. The monoisotopic (exact) mass is 266 g/mol. The van der Waals surface area contributed by atoms with Crippen LogP contribution in [0, 0.1) is 5.92 Å². The molecule has 100 valence electrons. The standard InChI is InChI=1S/C15H23ClN2/c1-11(12-5-3-7-14(16)9-12)18(2)10-13-6-4-8-15(13)17/h3,5,7,9,11,13,15H,4,6,8,10,17H2,1-2H3. The van der Waals surface area contributed by atoms with Crippen LogP contribution in [0.2, 0.25) is 5.02 Å². The van der Waals surface area contributed by atoms with Crippen LogP contribution < -0.4 is 5.73 Å². The summed E-state index contributed by atoms with van der Waals surface area (Å²) in [5.41, 5.74) is 7.42. The van der Waals surface area contributed by atoms with Gasteiger partial charge in [-0.3, -0.25) is 4.90 Å². The van der Waals surface area contributed by atoms with Gasteiger partial charge in [-0.1, -0.05) is 30.2 Å². The topological polar surface area (TPSA) is 29.3 Å². The van der Waals surface area contributed by atoms with Gasteiger partial charge in [0.2, 0.25) is 0 Å². The van der Waals surface area contributed by atoms with Gasteiger partial charge in [-0.15, -0.1) is 0 Å². The third-order valence-corrected chi connectivity index (χ3v) is 4.47. The molecule has 18 heavy (non-hydrogen) atoms. The second-order valence-corrected chi connectivity index (χ2v) is 5.96. The molecule has 1 aromatic rings. The van der Waals surface area contributed by atoms with Gasteiger partial charge in [0.05, 0.1) is 0 Å². The molecule has 1 aromatic carbocycles. The van der Waals surface area contributed by atoms with Crippen molar-refractivity contribution < 1.29 is 0 Å². The number of hydrogen-bond acceptors (Lipinski definition) is 2. The molecule has 1 saturated carbocycles. The molecule has 2 rings (SSSR count). The van der Waals surface area contributed by atoms with Gasteiger partial charge in [-0.25, -0.2) is 0 Å². The number of rotatable bonds is 4. The Balaban J connectivity index is 1.98. The maximum absolute atomic E-state index is 6.14. The van der Waals surface area contributed by atoms with Gasteiger partial charge in [0.15, 0.2) is 0 Å². The van der Waals surface area contributed by atoms with E-state index >= 15 is 0 Å². The number of nitrogens with zero attached hydrogens (tertiary/aromatic N) is 1. The van der Waals surface area contributed by atoms with Crippen LogP contribution in [0.3, 0.4) is 0 Å². The Morgan fingerprint density at radius 3 is 2.83 bits per heavy atom. The van der Waals surface area contributed by atoms with Crippen molar-refractivity contribution >= 4 is 11.6 Å². The average molecular weight is 267 g/mol. The largest absolute Gasteiger partial charge is 0.327 e. The van der Waals surface area contributed by atoms with Crippen LogP contribution in [0.25, 0.3) is 0 Å². The van der Waals surface area contributed by atoms with Gasteiger partial charge in [-0.2, -0.15) is 0 Å². The molecule has 3 heteroatoms. The summed E-state index contributed by atoms with van der Waals surface area (Å²) in [7, 11) is 2.18. The van der Waals surface area contributed by atoms with Gasteiger partial charge < -0.3 is 5.73 Å². The normalized spacial score (nSPS) is 25.6. The van der Waals surface area contributed by atoms with E-state index in [2.05, 4.69) is 31.0 Å². The second kappa shape index (κ2) is 6.05. The lowest BCUT2D eigenvalue weighted by molar-refractivity contribution is 0.213. The molecule has 1 aliphatic rings. The highest BCUT2D eigenvalue weighted by molar-refractivity contribution is 6.30. The third kappa shape index (κ3) is 3.25. The summed E-state index contributed by atoms with van der Waals surface area (Å²) in [4.78, 5) is 2.39. The van der Waals surface area contributed by atoms with E-state index in [0.29, 0.717) is 18.0 Å². The van der Waals surface area contributed by atoms with E-state index in [1.807, 2.05) is 12.1 Å². The molecule has 3 atom stereocenters. The Morgan fingerprint density at radius 2 is 2.22 bits per heavy atom. The lowest BCUT2D eigenvalue weighted by atomic mass is 10.0. The van der Waals surface area contributed by atoms with E-state index in [1.54, 1.807) is 0 Å². The summed E-state index contributed by atoms with van der Waals surface area (Å²) in [5.74, 6) is 0.650. The van der Waals surface area contributed by atoms with E-state index in [1.165, 1.54) is 24.8 Å². The number of benzene rings is 1. The first-order valence-corrected chi connectivity index (χ1v) is 7.17. The molecule has 0 aliphatic heterocycles. The molecule has 0 aromatic heterocycles. The van der Waals surface area contributed by atoms with Crippen molar-refractivity contribution in [1.82, 2.24) is 4.90 Å². The maximum Gasteiger partial charge on any atom is 0.0409 e. The van der Waals surface area contributed by atoms with Crippen LogP contribution in [0.15, 0.2) is 24.3 Å². The van der Waals surface area contributed by atoms with Crippen molar-refractivity contribution in [3.8, 4) is 0 Å². The van der Waals surface area contributed by atoms with Crippen LogP contribution in [0.4, 0.5) is 0 Å². The first kappa shape index (κ1) is 13.9. The molecule has 2 nitrogen and oxygen atoms in total. The highest BCUT2D eigenvalue weighted by Gasteiger charge is 2.26. The zero-order chi connectivity index (χ0) is 13.1. The minimum absolute atomic E-state index is 0.386. The number of hydrogen-bond donors (Lipinski definition) is 1. The first-order chi connectivity index (χ1) is 8.58. The summed E-state index contributed by atoms with van der Waals surface area (Å²) < 4.78 is 0. The second-order valence-electron chi connectivity index (χ2n) is 5.53. The van der Waals surface area contributed by atoms with Crippen molar-refractivity contribution in [1.29, 1.82) is 0 Å².